The molecule has 284 valence electrons. The molecule has 0 atom stereocenters. The van der Waals surface area contributed by atoms with Gasteiger partial charge < -0.3 is 9.13 Å². The Morgan fingerprint density at radius 1 is 0.518 bits per heavy atom. The lowest BCUT2D eigenvalue weighted by atomic mass is 9.94. The van der Waals surface area contributed by atoms with Gasteiger partial charge in [0, 0.05) is 33.0 Å². The number of para-hydroxylation sites is 1. The van der Waals surface area contributed by atoms with Gasteiger partial charge in [0.1, 0.15) is 0 Å². The number of hydrogen-bond acceptors (Lipinski definition) is 1. The molecule has 0 spiro atoms. The first-order chi connectivity index (χ1) is 26.3. The summed E-state index contributed by atoms with van der Waals surface area (Å²) in [6.07, 6.45) is -16.3. The number of aromatic nitrogens is 2. The Morgan fingerprint density at radius 3 is 1.61 bits per heavy atom. The molecule has 8 rings (SSSR count). The van der Waals surface area contributed by atoms with E-state index in [1.54, 1.807) is 12.2 Å². The van der Waals surface area contributed by atoms with Gasteiger partial charge in [-0.05, 0) is 91.2 Å². The van der Waals surface area contributed by atoms with E-state index < -0.39 is 52.5 Å². The van der Waals surface area contributed by atoms with Gasteiger partial charge in [-0.15, -0.1) is 0 Å². The number of nitrogens with zero attached hydrogens (tertiary/aromatic N) is 3. The highest BCUT2D eigenvalue weighted by Gasteiger charge is 2.39. The average Bonchev–Trinajstić information content (AvgIpc) is 3.65. The van der Waals surface area contributed by atoms with Crippen LogP contribution in [0.1, 0.15) is 45.5 Å². The number of nitriles is 1. The van der Waals surface area contributed by atoms with E-state index in [1.807, 2.05) is 6.07 Å². The van der Waals surface area contributed by atoms with Crippen LogP contribution in [0.4, 0.5) is 52.7 Å². The van der Waals surface area contributed by atoms with E-state index in [0.717, 1.165) is 36.4 Å². The van der Waals surface area contributed by atoms with E-state index in [0.29, 0.717) is 29.8 Å². The molecular formula is C41H21F12N3. The lowest BCUT2D eigenvalue weighted by molar-refractivity contribution is -0.143. The van der Waals surface area contributed by atoms with Gasteiger partial charge in [0.05, 0.1) is 61.8 Å². The van der Waals surface area contributed by atoms with E-state index in [2.05, 4.69) is 0 Å². The second-order valence-corrected chi connectivity index (χ2v) is 13.2. The first-order valence-corrected chi connectivity index (χ1v) is 16.7. The number of halogens is 12. The van der Waals surface area contributed by atoms with Gasteiger partial charge in [-0.25, -0.2) is 0 Å². The lowest BCUT2D eigenvalue weighted by Crippen LogP contribution is -2.13. The lowest BCUT2D eigenvalue weighted by Gasteiger charge is -2.23. The van der Waals surface area contributed by atoms with Crippen molar-refractivity contribution in [3.63, 3.8) is 0 Å². The zero-order chi connectivity index (χ0) is 40.1. The molecule has 7 aromatic rings. The summed E-state index contributed by atoms with van der Waals surface area (Å²) in [6, 6.07) is 17.0. The Morgan fingerprint density at radius 2 is 1.04 bits per heavy atom. The SMILES string of the molecule is N#Cc1cc(-n2c3c(c4cc(C(F)(F)F)ccc42)C=CCC3)c(-c2cc(C(F)(F)F)cc(C(F)(F)F)c2)c(-n2c3ccccc3c3cc(C(F)(F)F)ccc32)c1. The molecule has 1 aliphatic rings. The van der Waals surface area contributed by atoms with Crippen LogP contribution in [0.15, 0.2) is 97.1 Å². The van der Waals surface area contributed by atoms with Gasteiger partial charge >= 0.3 is 24.7 Å². The Labute approximate surface area is 307 Å². The van der Waals surface area contributed by atoms with Crippen molar-refractivity contribution >= 4 is 38.8 Å². The Balaban J connectivity index is 1.59. The van der Waals surface area contributed by atoms with Crippen molar-refractivity contribution in [2.75, 3.05) is 0 Å². The van der Waals surface area contributed by atoms with Crippen LogP contribution >= 0.6 is 0 Å². The number of allylic oxidation sites excluding steroid dienone is 1. The summed E-state index contributed by atoms with van der Waals surface area (Å²) in [4.78, 5) is 0. The number of benzene rings is 5. The third-order valence-electron chi connectivity index (χ3n) is 9.85. The number of hydrogen-bond donors (Lipinski definition) is 0. The molecule has 0 saturated heterocycles. The molecule has 0 aliphatic heterocycles. The molecule has 0 fully saturated rings. The molecule has 56 heavy (non-hydrogen) atoms. The zero-order valence-corrected chi connectivity index (χ0v) is 28.1. The van der Waals surface area contributed by atoms with Crippen molar-refractivity contribution in [3.05, 3.63) is 136 Å². The Bertz CT molecular complexity index is 2790. The molecule has 0 amide bonds. The van der Waals surface area contributed by atoms with Crippen LogP contribution < -0.4 is 0 Å². The number of fused-ring (bicyclic) bond motifs is 6. The van der Waals surface area contributed by atoms with E-state index in [4.69, 9.17) is 0 Å². The predicted molar refractivity (Wildman–Crippen MR) is 185 cm³/mol. The van der Waals surface area contributed by atoms with Crippen LogP contribution in [-0.2, 0) is 31.1 Å². The quantitative estimate of drug-likeness (QED) is 0.164. The van der Waals surface area contributed by atoms with Crippen LogP contribution in [0.5, 0.6) is 0 Å². The molecule has 0 radical (unpaired) electrons. The molecule has 3 nitrogen and oxygen atoms in total. The molecule has 15 heteroatoms. The van der Waals surface area contributed by atoms with E-state index in [1.165, 1.54) is 45.5 Å². The fourth-order valence-corrected chi connectivity index (χ4v) is 7.51. The summed E-state index contributed by atoms with van der Waals surface area (Å²) in [5.74, 6) is 0. The third kappa shape index (κ3) is 6.04. The van der Waals surface area contributed by atoms with Gasteiger partial charge in [-0.3, -0.25) is 0 Å². The standard InChI is InChI=1S/C41H21F12N3/c42-38(43,44)23-9-11-33-29(18-23)27-5-1-3-7-31(27)55(33)35-13-21(20-54)14-36(37(35)22-15-25(40(48,49)50)17-26(16-22)41(51,52)53)56-32-8-4-2-6-28(32)30-19-24(39(45,46)47)10-12-34(30)56/h1-3,5-7,9-19H,4,8H2. The summed E-state index contributed by atoms with van der Waals surface area (Å²) in [5.41, 5.74) is -5.72. The van der Waals surface area contributed by atoms with E-state index >= 15 is 0 Å². The summed E-state index contributed by atoms with van der Waals surface area (Å²) in [5, 5.41) is 10.7. The highest BCUT2D eigenvalue weighted by atomic mass is 19.4. The number of rotatable bonds is 3. The van der Waals surface area contributed by atoms with Crippen molar-refractivity contribution in [1.29, 1.82) is 5.26 Å². The smallest absolute Gasteiger partial charge is 0.312 e. The van der Waals surface area contributed by atoms with Crippen LogP contribution in [0.2, 0.25) is 0 Å². The average molecular weight is 784 g/mol. The second kappa shape index (κ2) is 12.4. The van der Waals surface area contributed by atoms with Crippen molar-refractivity contribution in [1.82, 2.24) is 9.13 Å². The molecule has 5 aromatic carbocycles. The molecule has 0 unspecified atom stereocenters. The van der Waals surface area contributed by atoms with Crippen LogP contribution in [0.25, 0.3) is 61.3 Å². The normalized spacial score (nSPS) is 13.8. The monoisotopic (exact) mass is 783 g/mol. The summed E-state index contributed by atoms with van der Waals surface area (Å²) in [6.45, 7) is 0. The molecule has 0 bridgehead atoms. The molecule has 0 N–H and O–H groups in total. The fourth-order valence-electron chi connectivity index (χ4n) is 7.51. The van der Waals surface area contributed by atoms with Gasteiger partial charge in [0.25, 0.3) is 0 Å². The van der Waals surface area contributed by atoms with Crippen molar-refractivity contribution in [2.45, 2.75) is 37.5 Å². The van der Waals surface area contributed by atoms with Crippen LogP contribution in [0.3, 0.4) is 0 Å². The Hall–Kier alpha value is -6.17. The third-order valence-corrected chi connectivity index (χ3v) is 9.85. The van der Waals surface area contributed by atoms with Crippen molar-refractivity contribution in [2.24, 2.45) is 0 Å². The maximum Gasteiger partial charge on any atom is 0.416 e. The minimum atomic E-state index is -5.29. The predicted octanol–water partition coefficient (Wildman–Crippen LogP) is 13.3. The summed E-state index contributed by atoms with van der Waals surface area (Å²) < 4.78 is 173. The minimum Gasteiger partial charge on any atom is -0.312 e. The number of alkyl halides is 12. The van der Waals surface area contributed by atoms with Crippen molar-refractivity contribution < 1.29 is 52.7 Å². The highest BCUT2D eigenvalue weighted by molar-refractivity contribution is 6.10. The van der Waals surface area contributed by atoms with Crippen LogP contribution in [-0.4, -0.2) is 9.13 Å². The molecule has 2 aromatic heterocycles. The van der Waals surface area contributed by atoms with Crippen LogP contribution in [0, 0.1) is 11.3 Å². The second-order valence-electron chi connectivity index (χ2n) is 13.2. The topological polar surface area (TPSA) is 33.6 Å². The van der Waals surface area contributed by atoms with Gasteiger partial charge in [-0.2, -0.15) is 57.9 Å². The molecule has 1 aliphatic carbocycles. The van der Waals surface area contributed by atoms with Crippen molar-refractivity contribution in [3.8, 4) is 28.6 Å². The minimum absolute atomic E-state index is 0.0407. The summed E-state index contributed by atoms with van der Waals surface area (Å²) >= 11 is 0. The maximum atomic E-state index is 14.4. The van der Waals surface area contributed by atoms with Gasteiger partial charge in [0.15, 0.2) is 0 Å². The fraction of sp³-hybridized carbons (Fsp3) is 0.146. The molecular weight excluding hydrogens is 762 g/mol. The van der Waals surface area contributed by atoms with E-state index in [-0.39, 0.29) is 67.7 Å². The van der Waals surface area contributed by atoms with E-state index in [9.17, 15) is 57.9 Å². The largest absolute Gasteiger partial charge is 0.416 e. The Kier molecular flexibility index (Phi) is 8.16. The van der Waals surface area contributed by atoms with Gasteiger partial charge in [-0.1, -0.05) is 30.4 Å². The highest BCUT2D eigenvalue weighted by Crippen LogP contribution is 2.47. The first kappa shape index (κ1) is 36.8. The zero-order valence-electron chi connectivity index (χ0n) is 28.1. The molecule has 2 heterocycles. The molecule has 0 saturated carbocycles. The van der Waals surface area contributed by atoms with Gasteiger partial charge in [0.2, 0.25) is 0 Å². The summed E-state index contributed by atoms with van der Waals surface area (Å²) in [7, 11) is 0. The maximum absolute atomic E-state index is 14.4. The first-order valence-electron chi connectivity index (χ1n) is 16.7.